The summed E-state index contributed by atoms with van der Waals surface area (Å²) >= 11 is 0. The molecule has 0 saturated heterocycles. The van der Waals surface area contributed by atoms with Crippen molar-refractivity contribution in [1.29, 1.82) is 0 Å². The molecule has 26 heavy (non-hydrogen) atoms. The fraction of sp³-hybridized carbons (Fsp3) is 0.167. The van der Waals surface area contributed by atoms with E-state index in [1.165, 1.54) is 16.9 Å². The molecular formula is C18H16N4O4. The smallest absolute Gasteiger partial charge is 0.361 e. The summed E-state index contributed by atoms with van der Waals surface area (Å²) in [4.78, 5) is 24.2. The Balaban J connectivity index is 1.79. The Hall–Kier alpha value is -3.55. The molecule has 1 heterocycles. The second-order valence-electron chi connectivity index (χ2n) is 5.66. The minimum absolute atomic E-state index is 0.0587. The van der Waals surface area contributed by atoms with Gasteiger partial charge in [0, 0.05) is 12.1 Å². The van der Waals surface area contributed by atoms with Crippen LogP contribution in [0.3, 0.4) is 0 Å². The van der Waals surface area contributed by atoms with Crippen molar-refractivity contribution in [3.05, 3.63) is 81.7 Å². The van der Waals surface area contributed by atoms with E-state index in [4.69, 9.17) is 4.74 Å². The van der Waals surface area contributed by atoms with Crippen LogP contribution in [0.1, 0.15) is 34.8 Å². The molecule has 3 rings (SSSR count). The number of hydrogen-bond acceptors (Lipinski definition) is 6. The molecule has 1 atom stereocenters. The second-order valence-corrected chi connectivity index (χ2v) is 5.66. The molecule has 0 unspecified atom stereocenters. The van der Waals surface area contributed by atoms with Crippen molar-refractivity contribution in [3.63, 3.8) is 0 Å². The van der Waals surface area contributed by atoms with Crippen molar-refractivity contribution in [2.75, 3.05) is 0 Å². The third-order valence-electron chi connectivity index (χ3n) is 3.80. The zero-order valence-electron chi connectivity index (χ0n) is 14.2. The molecular weight excluding hydrogens is 336 g/mol. The van der Waals surface area contributed by atoms with E-state index < -0.39 is 17.0 Å². The summed E-state index contributed by atoms with van der Waals surface area (Å²) in [6, 6.07) is 15.2. The van der Waals surface area contributed by atoms with Gasteiger partial charge in [0.25, 0.3) is 5.69 Å². The van der Waals surface area contributed by atoms with E-state index in [1.54, 1.807) is 26.0 Å². The summed E-state index contributed by atoms with van der Waals surface area (Å²) in [5, 5.41) is 19.3. The van der Waals surface area contributed by atoms with Crippen LogP contribution in [0.2, 0.25) is 0 Å². The maximum Gasteiger partial charge on any atom is 0.361 e. The van der Waals surface area contributed by atoms with Crippen LogP contribution in [-0.4, -0.2) is 25.9 Å². The number of carbonyl (C=O) groups is 1. The number of hydrogen-bond donors (Lipinski definition) is 0. The molecule has 8 nitrogen and oxygen atoms in total. The maximum atomic E-state index is 12.4. The highest BCUT2D eigenvalue weighted by Crippen LogP contribution is 2.23. The molecule has 0 aliphatic carbocycles. The molecule has 1 aromatic heterocycles. The third-order valence-corrected chi connectivity index (χ3v) is 3.80. The van der Waals surface area contributed by atoms with E-state index in [-0.39, 0.29) is 11.4 Å². The lowest BCUT2D eigenvalue weighted by atomic mass is 10.1. The Morgan fingerprint density at radius 3 is 2.58 bits per heavy atom. The highest BCUT2D eigenvalue weighted by Gasteiger charge is 2.21. The third kappa shape index (κ3) is 3.59. The van der Waals surface area contributed by atoms with Crippen LogP contribution < -0.4 is 0 Å². The van der Waals surface area contributed by atoms with Gasteiger partial charge in [0.05, 0.1) is 16.3 Å². The Morgan fingerprint density at radius 2 is 1.88 bits per heavy atom. The predicted octanol–water partition coefficient (Wildman–Crippen LogP) is 3.40. The Kier molecular flexibility index (Phi) is 4.74. The van der Waals surface area contributed by atoms with E-state index in [9.17, 15) is 14.9 Å². The van der Waals surface area contributed by atoms with Gasteiger partial charge in [-0.1, -0.05) is 30.3 Å². The van der Waals surface area contributed by atoms with Crippen molar-refractivity contribution in [1.82, 2.24) is 15.0 Å². The van der Waals surface area contributed by atoms with Crippen molar-refractivity contribution < 1.29 is 14.5 Å². The monoisotopic (exact) mass is 352 g/mol. The van der Waals surface area contributed by atoms with Crippen LogP contribution in [0.5, 0.6) is 0 Å². The largest absolute Gasteiger partial charge is 0.453 e. The first-order valence-corrected chi connectivity index (χ1v) is 7.90. The van der Waals surface area contributed by atoms with Crippen LogP contribution in [0.25, 0.3) is 5.69 Å². The van der Waals surface area contributed by atoms with E-state index in [1.807, 2.05) is 30.3 Å². The molecule has 0 bridgehead atoms. The van der Waals surface area contributed by atoms with Gasteiger partial charge in [0.15, 0.2) is 5.69 Å². The van der Waals surface area contributed by atoms with Gasteiger partial charge >= 0.3 is 5.97 Å². The Bertz CT molecular complexity index is 953. The van der Waals surface area contributed by atoms with Crippen molar-refractivity contribution in [3.8, 4) is 5.69 Å². The lowest BCUT2D eigenvalue weighted by molar-refractivity contribution is -0.385. The number of carbonyl (C=O) groups excluding carboxylic acids is 1. The quantitative estimate of drug-likeness (QED) is 0.396. The van der Waals surface area contributed by atoms with Crippen molar-refractivity contribution in [2.24, 2.45) is 0 Å². The summed E-state index contributed by atoms with van der Waals surface area (Å²) in [6.45, 7) is 3.31. The number of nitro benzene ring substituents is 1. The fourth-order valence-electron chi connectivity index (χ4n) is 2.42. The number of benzene rings is 2. The number of aromatic nitrogens is 3. The zero-order chi connectivity index (χ0) is 18.7. The summed E-state index contributed by atoms with van der Waals surface area (Å²) in [6.07, 6.45) is -0.663. The van der Waals surface area contributed by atoms with Gasteiger partial charge in [-0.05, 0) is 31.5 Å². The van der Waals surface area contributed by atoms with E-state index in [0.29, 0.717) is 11.3 Å². The van der Waals surface area contributed by atoms with Gasteiger partial charge in [-0.25, -0.2) is 4.79 Å². The molecule has 0 aliphatic heterocycles. The number of esters is 1. The molecule has 3 aromatic rings. The molecule has 0 spiro atoms. The van der Waals surface area contributed by atoms with E-state index in [0.717, 1.165) is 5.69 Å². The molecule has 0 aliphatic rings. The first kappa shape index (κ1) is 17.3. The normalized spacial score (nSPS) is 11.8. The molecule has 0 saturated carbocycles. The summed E-state index contributed by atoms with van der Waals surface area (Å²) in [5.74, 6) is -0.635. The minimum atomic E-state index is -0.663. The van der Waals surface area contributed by atoms with Gasteiger partial charge in [-0.15, -0.1) is 5.10 Å². The number of nitrogens with zero attached hydrogens (tertiary/aromatic N) is 4. The maximum absolute atomic E-state index is 12.4. The van der Waals surface area contributed by atoms with Crippen molar-refractivity contribution in [2.45, 2.75) is 20.0 Å². The van der Waals surface area contributed by atoms with E-state index in [2.05, 4.69) is 10.2 Å². The highest BCUT2D eigenvalue weighted by molar-refractivity contribution is 5.88. The average molecular weight is 352 g/mol. The molecule has 2 aromatic carbocycles. The highest BCUT2D eigenvalue weighted by atomic mass is 16.6. The summed E-state index contributed by atoms with van der Waals surface area (Å²) < 4.78 is 5.41. The van der Waals surface area contributed by atoms with Crippen LogP contribution in [-0.2, 0) is 4.74 Å². The van der Waals surface area contributed by atoms with Gasteiger partial charge in [-0.3, -0.25) is 10.1 Å². The van der Waals surface area contributed by atoms with Gasteiger partial charge in [0.1, 0.15) is 6.10 Å². The number of aryl methyl sites for hydroxylation is 1. The Labute approximate surface area is 149 Å². The summed E-state index contributed by atoms with van der Waals surface area (Å²) in [7, 11) is 0. The lowest BCUT2D eigenvalue weighted by Gasteiger charge is -2.12. The number of nitro groups is 1. The summed E-state index contributed by atoms with van der Waals surface area (Å²) in [5.41, 5.74) is 1.73. The molecule has 0 N–H and O–H groups in total. The topological polar surface area (TPSA) is 100 Å². The van der Waals surface area contributed by atoms with Crippen LogP contribution >= 0.6 is 0 Å². The predicted molar refractivity (Wildman–Crippen MR) is 93.0 cm³/mol. The van der Waals surface area contributed by atoms with E-state index >= 15 is 0 Å². The van der Waals surface area contributed by atoms with Gasteiger partial charge in [0.2, 0.25) is 0 Å². The molecule has 0 fully saturated rings. The van der Waals surface area contributed by atoms with Crippen LogP contribution in [0, 0.1) is 17.0 Å². The number of non-ortho nitro benzene ring substituents is 1. The van der Waals surface area contributed by atoms with Crippen LogP contribution in [0.4, 0.5) is 5.69 Å². The second kappa shape index (κ2) is 7.14. The zero-order valence-corrected chi connectivity index (χ0v) is 14.2. The molecule has 8 heteroatoms. The van der Waals surface area contributed by atoms with Gasteiger partial charge < -0.3 is 4.74 Å². The number of para-hydroxylation sites is 1. The van der Waals surface area contributed by atoms with Crippen LogP contribution in [0.15, 0.2) is 54.6 Å². The molecule has 0 amide bonds. The average Bonchev–Trinajstić information content (AvgIpc) is 3.04. The number of rotatable bonds is 5. The molecule has 0 radical (unpaired) electrons. The number of ether oxygens (including phenoxy) is 1. The van der Waals surface area contributed by atoms with Crippen molar-refractivity contribution >= 4 is 11.7 Å². The Morgan fingerprint density at radius 1 is 1.15 bits per heavy atom. The SMILES string of the molecule is Cc1nn(-c2ccccc2)nc1C(=O)O[C@H](C)c1cccc([N+](=O)[O-])c1. The minimum Gasteiger partial charge on any atom is -0.453 e. The first-order chi connectivity index (χ1) is 12.5. The fourth-order valence-corrected chi connectivity index (χ4v) is 2.42. The van der Waals surface area contributed by atoms with Gasteiger partial charge in [-0.2, -0.15) is 9.90 Å². The molecule has 132 valence electrons. The standard InChI is InChI=1S/C18H16N4O4/c1-12-17(20-21(19-12)15-8-4-3-5-9-15)18(23)26-13(2)14-7-6-10-16(11-14)22(24)25/h3-11,13H,1-2H3/t13-/m1/s1. The lowest BCUT2D eigenvalue weighted by Crippen LogP contribution is -2.11. The first-order valence-electron chi connectivity index (χ1n) is 7.90.